The Hall–Kier alpha value is -5.98. The number of pyridine rings is 1. The number of piperidine rings is 1. The third-order valence-corrected chi connectivity index (χ3v) is 13.1. The lowest BCUT2D eigenvalue weighted by Gasteiger charge is -2.33. The van der Waals surface area contributed by atoms with E-state index in [1.54, 1.807) is 0 Å². The van der Waals surface area contributed by atoms with E-state index in [4.69, 9.17) is 11.6 Å². The number of carbonyl (C=O) groups excluding carboxylic acids is 2. The second-order valence-electron chi connectivity index (χ2n) is 16.6. The molecule has 2 aromatic carbocycles. The first-order chi connectivity index (χ1) is 31.1. The smallest absolute Gasteiger partial charge is 0.435 e. The van der Waals surface area contributed by atoms with Gasteiger partial charge in [0.05, 0.1) is 39.8 Å². The summed E-state index contributed by atoms with van der Waals surface area (Å²) in [6.45, 7) is -2.19. The fraction of sp³-hybridized carbons (Fsp3) is 0.415. The Kier molecular flexibility index (Phi) is 11.8. The van der Waals surface area contributed by atoms with Crippen molar-refractivity contribution in [2.75, 3.05) is 23.7 Å². The van der Waals surface area contributed by atoms with E-state index in [1.807, 2.05) is 0 Å². The number of aromatic nitrogens is 5. The van der Waals surface area contributed by atoms with Crippen molar-refractivity contribution in [2.24, 2.45) is 11.8 Å². The van der Waals surface area contributed by atoms with Gasteiger partial charge in [0.15, 0.2) is 11.5 Å². The Morgan fingerprint density at radius 3 is 2.21 bits per heavy atom. The summed E-state index contributed by atoms with van der Waals surface area (Å²) < 4.78 is 173. The highest BCUT2D eigenvalue weighted by Crippen LogP contribution is 2.68. The van der Waals surface area contributed by atoms with Crippen molar-refractivity contribution in [2.45, 2.75) is 75.9 Å². The van der Waals surface area contributed by atoms with Crippen LogP contribution in [0.4, 0.5) is 54.5 Å². The fourth-order valence-electron chi connectivity index (χ4n) is 8.96. The van der Waals surface area contributed by atoms with Crippen LogP contribution in [0.2, 0.25) is 5.02 Å². The maximum atomic E-state index is 15.4. The largest absolute Gasteiger partial charge is 0.481 e. The van der Waals surface area contributed by atoms with Crippen LogP contribution in [0, 0.1) is 30.4 Å². The Morgan fingerprint density at radius 2 is 1.61 bits per heavy atom. The maximum absolute atomic E-state index is 15.4. The van der Waals surface area contributed by atoms with E-state index in [-0.39, 0.29) is 69.4 Å². The van der Waals surface area contributed by atoms with Gasteiger partial charge >= 0.3 is 24.4 Å². The molecule has 3 aromatic heterocycles. The SMILES string of the molecule is Cc1ccc(-c2ccc(Cl)c3c(N(C(=O)N4CCC(C(=O)O)CC4)S(C)(=O)=O)nn(CC(F)(F)F)c23)c([C@H](Cc2cc(F)cc(F)c2)NC(=O)Cn2nc(C(F)(F)F)c3c2C(F)(F)[C@@H]2C[C@H]32)n1. The van der Waals surface area contributed by atoms with Crippen molar-refractivity contribution < 1.29 is 71.8 Å². The van der Waals surface area contributed by atoms with Crippen LogP contribution in [-0.4, -0.2) is 86.4 Å². The van der Waals surface area contributed by atoms with Gasteiger partial charge in [-0.1, -0.05) is 23.7 Å². The number of sulfonamides is 1. The molecule has 5 aromatic rings. The molecule has 8 rings (SSSR count). The molecule has 3 amide bonds. The molecule has 3 aliphatic rings. The number of alkyl halides is 8. The number of hydrogen-bond donors (Lipinski definition) is 2. The number of hydrogen-bond acceptors (Lipinski definition) is 8. The van der Waals surface area contributed by atoms with Crippen LogP contribution in [-0.2, 0) is 51.2 Å². The number of likely N-dealkylation sites (tertiary alicyclic amines) is 1. The summed E-state index contributed by atoms with van der Waals surface area (Å²) >= 11 is 6.64. The second-order valence-corrected chi connectivity index (χ2v) is 18.9. The lowest BCUT2D eigenvalue weighted by Crippen LogP contribution is -2.49. The van der Waals surface area contributed by atoms with Crippen LogP contribution < -0.4 is 9.62 Å². The number of benzene rings is 2. The molecule has 0 radical (unpaired) electrons. The number of urea groups is 1. The third kappa shape index (κ3) is 9.10. The number of halogens is 11. The molecular weight excluding hydrogens is 958 g/mol. The Balaban J connectivity index is 1.27. The summed E-state index contributed by atoms with van der Waals surface area (Å²) in [5.41, 5.74) is -4.57. The van der Waals surface area contributed by atoms with Crippen molar-refractivity contribution >= 4 is 56.3 Å². The first kappa shape index (κ1) is 47.5. The molecule has 1 saturated carbocycles. The zero-order valence-corrected chi connectivity index (χ0v) is 36.3. The first-order valence-corrected chi connectivity index (χ1v) is 22.4. The predicted octanol–water partition coefficient (Wildman–Crippen LogP) is 8.11. The number of carbonyl (C=O) groups is 3. The number of aliphatic carboxylic acids is 1. The minimum absolute atomic E-state index is 0.0812. The third-order valence-electron chi connectivity index (χ3n) is 11.8. The molecule has 0 bridgehead atoms. The van der Waals surface area contributed by atoms with Gasteiger partial charge in [-0.05, 0) is 68.4 Å². The minimum atomic E-state index is -5.17. The summed E-state index contributed by atoms with van der Waals surface area (Å²) in [5.74, 6) is -12.7. The molecule has 3 atom stereocenters. The lowest BCUT2D eigenvalue weighted by atomic mass is 9.93. The van der Waals surface area contributed by atoms with Crippen LogP contribution >= 0.6 is 11.6 Å². The summed E-state index contributed by atoms with van der Waals surface area (Å²) in [6, 6.07) is 4.38. The Morgan fingerprint density at radius 1 is 0.970 bits per heavy atom. The van der Waals surface area contributed by atoms with E-state index >= 15 is 8.78 Å². The highest BCUT2D eigenvalue weighted by atomic mass is 35.5. The summed E-state index contributed by atoms with van der Waals surface area (Å²) in [6.07, 6.45) is -10.6. The maximum Gasteiger partial charge on any atom is 0.435 e. The zero-order chi connectivity index (χ0) is 48.9. The lowest BCUT2D eigenvalue weighted by molar-refractivity contribution is -0.143. The standard InChI is InChI=1S/C41H35ClF10N8O6S/c1-18-3-4-23(24-5-6-27(42)31-33(24)59(17-39(45,46)47)56-36(31)60(67(2,65)66)38(64)57-9-7-20(8-10-57)37(62)63)32(53-18)28(13-19-11-21(43)14-22(44)12-19)54-29(61)16-58-35-30(34(55-58)41(50,51)52)25-15-26(25)40(35,48)49/h3-6,11-12,14,20,25-26,28H,7-10,13,15-17H2,1-2H3,(H,54,61)(H,62,63)/t25-,26+,28-/m0/s1. The minimum Gasteiger partial charge on any atom is -0.481 e. The zero-order valence-electron chi connectivity index (χ0n) is 34.7. The highest BCUT2D eigenvalue weighted by molar-refractivity contribution is 7.92. The molecule has 4 heterocycles. The second kappa shape index (κ2) is 16.7. The van der Waals surface area contributed by atoms with Crippen molar-refractivity contribution in [3.63, 3.8) is 0 Å². The van der Waals surface area contributed by atoms with Crippen molar-refractivity contribution in [3.05, 3.63) is 93.0 Å². The van der Waals surface area contributed by atoms with Gasteiger partial charge in [-0.15, -0.1) is 0 Å². The Bertz CT molecular complexity index is 2950. The number of anilines is 1. The van der Waals surface area contributed by atoms with E-state index in [1.165, 1.54) is 25.1 Å². The molecule has 2 N–H and O–H groups in total. The van der Waals surface area contributed by atoms with E-state index < -0.39 is 140 Å². The summed E-state index contributed by atoms with van der Waals surface area (Å²) in [5, 5.41) is 18.4. The first-order valence-electron chi connectivity index (χ1n) is 20.2. The average molecular weight is 993 g/mol. The van der Waals surface area contributed by atoms with Crippen LogP contribution in [0.5, 0.6) is 0 Å². The van der Waals surface area contributed by atoms with E-state index in [0.29, 0.717) is 17.0 Å². The number of carboxylic acids is 1. The molecule has 67 heavy (non-hydrogen) atoms. The molecule has 358 valence electrons. The number of nitrogens with zero attached hydrogens (tertiary/aromatic N) is 7. The van der Waals surface area contributed by atoms with Gasteiger partial charge in [-0.25, -0.2) is 22.0 Å². The van der Waals surface area contributed by atoms with Gasteiger partial charge in [0.1, 0.15) is 30.4 Å². The predicted molar refractivity (Wildman–Crippen MR) is 216 cm³/mol. The molecule has 0 spiro atoms. The quantitative estimate of drug-likeness (QED) is 0.124. The van der Waals surface area contributed by atoms with Crippen molar-refractivity contribution in [3.8, 4) is 11.1 Å². The topological polar surface area (TPSA) is 173 Å². The van der Waals surface area contributed by atoms with Gasteiger partial charge in [0, 0.05) is 47.5 Å². The number of amides is 3. The number of aryl methyl sites for hydroxylation is 1. The highest BCUT2D eigenvalue weighted by Gasteiger charge is 2.68. The van der Waals surface area contributed by atoms with Crippen molar-refractivity contribution in [1.82, 2.24) is 34.8 Å². The molecule has 0 unspecified atom stereocenters. The fourth-order valence-corrected chi connectivity index (χ4v) is 10.0. The van der Waals surface area contributed by atoms with Crippen LogP contribution in [0.3, 0.4) is 0 Å². The van der Waals surface area contributed by atoms with Gasteiger partial charge in [0.2, 0.25) is 15.9 Å². The molecule has 2 fully saturated rings. The molecular formula is C41H35ClF10N8O6S. The molecule has 1 aliphatic heterocycles. The summed E-state index contributed by atoms with van der Waals surface area (Å²) in [4.78, 5) is 45.1. The van der Waals surface area contributed by atoms with Gasteiger partial charge < -0.3 is 15.3 Å². The van der Waals surface area contributed by atoms with Gasteiger partial charge in [0.25, 0.3) is 5.92 Å². The monoisotopic (exact) mass is 992 g/mol. The van der Waals surface area contributed by atoms with Crippen LogP contribution in [0.15, 0.2) is 42.5 Å². The average Bonchev–Trinajstić information content (AvgIpc) is 3.72. The number of nitrogens with one attached hydrogen (secondary N) is 1. The molecule has 1 saturated heterocycles. The van der Waals surface area contributed by atoms with E-state index in [9.17, 15) is 63.0 Å². The van der Waals surface area contributed by atoms with Gasteiger partial charge in [-0.3, -0.25) is 23.9 Å². The molecule has 2 aliphatic carbocycles. The summed E-state index contributed by atoms with van der Waals surface area (Å²) in [7, 11) is -4.77. The molecule has 14 nitrogen and oxygen atoms in total. The number of fused-ring (bicyclic) bond motifs is 4. The van der Waals surface area contributed by atoms with Gasteiger partial charge in [-0.2, -0.15) is 49.6 Å². The van der Waals surface area contributed by atoms with E-state index in [0.717, 1.165) is 23.1 Å². The number of rotatable bonds is 11. The Labute approximate surface area is 377 Å². The number of carboxylic acid groups (broad SMARTS) is 1. The van der Waals surface area contributed by atoms with Crippen LogP contribution in [0.1, 0.15) is 65.1 Å². The van der Waals surface area contributed by atoms with Crippen molar-refractivity contribution in [1.29, 1.82) is 0 Å². The van der Waals surface area contributed by atoms with Crippen LogP contribution in [0.25, 0.3) is 22.0 Å². The van der Waals surface area contributed by atoms with E-state index in [2.05, 4.69) is 20.5 Å². The molecule has 26 heteroatoms. The normalized spacial score (nSPS) is 18.7.